The SMILES string of the molecule is Cc1cc(C)cc(NS(=O)(=O)c2cc(C(=O)Nc3ccccc3C(=O)NCc3ccco3)ccc2C)c1. The Labute approximate surface area is 215 Å². The molecule has 0 spiro atoms. The van der Waals surface area contributed by atoms with Crippen molar-refractivity contribution in [1.29, 1.82) is 0 Å². The van der Waals surface area contributed by atoms with Gasteiger partial charge in [0, 0.05) is 11.3 Å². The van der Waals surface area contributed by atoms with Crippen molar-refractivity contribution in [1.82, 2.24) is 5.32 Å². The Kier molecular flexibility index (Phi) is 7.45. The molecule has 0 radical (unpaired) electrons. The van der Waals surface area contributed by atoms with E-state index in [9.17, 15) is 18.0 Å². The van der Waals surface area contributed by atoms with Crippen molar-refractivity contribution in [2.24, 2.45) is 0 Å². The summed E-state index contributed by atoms with van der Waals surface area (Å²) in [6.07, 6.45) is 1.52. The van der Waals surface area contributed by atoms with E-state index in [2.05, 4.69) is 15.4 Å². The Hall–Kier alpha value is -4.37. The molecule has 1 heterocycles. The number of amides is 2. The third-order valence-corrected chi connectivity index (χ3v) is 7.16. The summed E-state index contributed by atoms with van der Waals surface area (Å²) in [6.45, 7) is 5.63. The average molecular weight is 518 g/mol. The number of benzene rings is 3. The molecule has 0 fully saturated rings. The summed E-state index contributed by atoms with van der Waals surface area (Å²) in [4.78, 5) is 25.8. The van der Waals surface area contributed by atoms with Crippen LogP contribution in [0.25, 0.3) is 0 Å². The predicted octanol–water partition coefficient (Wildman–Crippen LogP) is 5.19. The largest absolute Gasteiger partial charge is 0.467 e. The minimum atomic E-state index is -3.96. The fourth-order valence-corrected chi connectivity index (χ4v) is 5.25. The first-order chi connectivity index (χ1) is 17.6. The number of rotatable bonds is 8. The number of hydrogen-bond donors (Lipinski definition) is 3. The third kappa shape index (κ3) is 6.25. The van der Waals surface area contributed by atoms with Gasteiger partial charge in [-0.05, 0) is 86.0 Å². The van der Waals surface area contributed by atoms with Crippen LogP contribution in [0.1, 0.15) is 43.2 Å². The lowest BCUT2D eigenvalue weighted by molar-refractivity contribution is 0.0949. The summed E-state index contributed by atoms with van der Waals surface area (Å²) < 4.78 is 34.2. The molecule has 1 aromatic heterocycles. The Morgan fingerprint density at radius 3 is 2.27 bits per heavy atom. The zero-order valence-corrected chi connectivity index (χ0v) is 21.5. The van der Waals surface area contributed by atoms with Gasteiger partial charge < -0.3 is 15.1 Å². The molecule has 0 bridgehead atoms. The molecule has 0 saturated heterocycles. The third-order valence-electron chi connectivity index (χ3n) is 5.64. The van der Waals surface area contributed by atoms with Gasteiger partial charge in [0.25, 0.3) is 21.8 Å². The number of sulfonamides is 1. The molecule has 2 amide bonds. The number of anilines is 2. The van der Waals surface area contributed by atoms with E-state index in [1.165, 1.54) is 12.3 Å². The maximum absolute atomic E-state index is 13.2. The van der Waals surface area contributed by atoms with Crippen LogP contribution >= 0.6 is 0 Å². The van der Waals surface area contributed by atoms with Crippen LogP contribution in [0.2, 0.25) is 0 Å². The summed E-state index contributed by atoms with van der Waals surface area (Å²) in [5.41, 5.74) is 3.48. The molecular formula is C28H27N3O5S. The summed E-state index contributed by atoms with van der Waals surface area (Å²) in [5, 5.41) is 5.48. The van der Waals surface area contributed by atoms with Crippen LogP contribution in [0.4, 0.5) is 11.4 Å². The fraction of sp³-hybridized carbons (Fsp3) is 0.143. The Morgan fingerprint density at radius 1 is 0.838 bits per heavy atom. The molecule has 3 aromatic carbocycles. The van der Waals surface area contributed by atoms with E-state index in [4.69, 9.17) is 4.42 Å². The van der Waals surface area contributed by atoms with Gasteiger partial charge in [0.2, 0.25) is 0 Å². The molecule has 8 nitrogen and oxygen atoms in total. The van der Waals surface area contributed by atoms with Crippen molar-refractivity contribution in [3.63, 3.8) is 0 Å². The Balaban J connectivity index is 1.55. The first-order valence-electron chi connectivity index (χ1n) is 11.5. The quantitative estimate of drug-likeness (QED) is 0.297. The van der Waals surface area contributed by atoms with Gasteiger partial charge in [0.05, 0.1) is 29.0 Å². The normalized spacial score (nSPS) is 11.1. The van der Waals surface area contributed by atoms with Crippen molar-refractivity contribution in [3.05, 3.63) is 113 Å². The maximum Gasteiger partial charge on any atom is 0.262 e. The topological polar surface area (TPSA) is 118 Å². The number of carbonyl (C=O) groups excluding carboxylic acids is 2. The van der Waals surface area contributed by atoms with E-state index in [1.54, 1.807) is 67.6 Å². The zero-order chi connectivity index (χ0) is 26.6. The van der Waals surface area contributed by atoms with Crippen LogP contribution in [0.15, 0.2) is 88.4 Å². The highest BCUT2D eigenvalue weighted by Gasteiger charge is 2.21. The van der Waals surface area contributed by atoms with Crippen molar-refractivity contribution < 1.29 is 22.4 Å². The van der Waals surface area contributed by atoms with E-state index in [-0.39, 0.29) is 22.6 Å². The second-order valence-electron chi connectivity index (χ2n) is 8.72. The van der Waals surface area contributed by atoms with Crippen LogP contribution in [0, 0.1) is 20.8 Å². The minimum absolute atomic E-state index is 0.0104. The van der Waals surface area contributed by atoms with Gasteiger partial charge >= 0.3 is 0 Å². The molecule has 0 saturated carbocycles. The number of furan rings is 1. The Bertz CT molecular complexity index is 1540. The number of aryl methyl sites for hydroxylation is 3. The molecule has 0 aliphatic rings. The highest BCUT2D eigenvalue weighted by Crippen LogP contribution is 2.24. The second kappa shape index (κ2) is 10.7. The molecule has 9 heteroatoms. The maximum atomic E-state index is 13.2. The van der Waals surface area contributed by atoms with E-state index >= 15 is 0 Å². The predicted molar refractivity (Wildman–Crippen MR) is 142 cm³/mol. The second-order valence-corrected chi connectivity index (χ2v) is 10.4. The number of carbonyl (C=O) groups is 2. The van der Waals surface area contributed by atoms with Gasteiger partial charge in [0.1, 0.15) is 5.76 Å². The van der Waals surface area contributed by atoms with Crippen LogP contribution in [0.3, 0.4) is 0 Å². The van der Waals surface area contributed by atoms with Gasteiger partial charge in [-0.3, -0.25) is 14.3 Å². The molecule has 190 valence electrons. The summed E-state index contributed by atoms with van der Waals surface area (Å²) in [6, 6.07) is 19.9. The van der Waals surface area contributed by atoms with E-state index in [0.717, 1.165) is 11.1 Å². The van der Waals surface area contributed by atoms with Crippen LogP contribution < -0.4 is 15.4 Å². The average Bonchev–Trinajstić information content (AvgIpc) is 3.36. The lowest BCUT2D eigenvalue weighted by Crippen LogP contribution is -2.24. The van der Waals surface area contributed by atoms with Crippen molar-refractivity contribution in [2.75, 3.05) is 10.0 Å². The highest BCUT2D eigenvalue weighted by molar-refractivity contribution is 7.92. The van der Waals surface area contributed by atoms with Gasteiger partial charge in [-0.25, -0.2) is 8.42 Å². The summed E-state index contributed by atoms with van der Waals surface area (Å²) >= 11 is 0. The lowest BCUT2D eigenvalue weighted by atomic mass is 10.1. The van der Waals surface area contributed by atoms with E-state index in [1.807, 2.05) is 19.9 Å². The van der Waals surface area contributed by atoms with Crippen molar-refractivity contribution >= 4 is 33.2 Å². The van der Waals surface area contributed by atoms with Gasteiger partial charge in [-0.1, -0.05) is 24.3 Å². The van der Waals surface area contributed by atoms with Crippen LogP contribution in [-0.2, 0) is 16.6 Å². The van der Waals surface area contributed by atoms with Crippen molar-refractivity contribution in [2.45, 2.75) is 32.2 Å². The minimum Gasteiger partial charge on any atom is -0.467 e. The van der Waals surface area contributed by atoms with Gasteiger partial charge in [-0.2, -0.15) is 0 Å². The highest BCUT2D eigenvalue weighted by atomic mass is 32.2. The molecule has 3 N–H and O–H groups in total. The molecule has 0 aliphatic carbocycles. The molecular weight excluding hydrogens is 490 g/mol. The lowest BCUT2D eigenvalue weighted by Gasteiger charge is -2.14. The summed E-state index contributed by atoms with van der Waals surface area (Å²) in [7, 11) is -3.96. The molecule has 0 atom stereocenters. The monoisotopic (exact) mass is 517 g/mol. The van der Waals surface area contributed by atoms with Gasteiger partial charge in [0.15, 0.2) is 0 Å². The van der Waals surface area contributed by atoms with Gasteiger partial charge in [-0.15, -0.1) is 0 Å². The first-order valence-corrected chi connectivity index (χ1v) is 13.0. The smallest absolute Gasteiger partial charge is 0.262 e. The van der Waals surface area contributed by atoms with E-state index in [0.29, 0.717) is 22.7 Å². The standard InChI is InChI=1S/C28H27N3O5S/c1-18-13-19(2)15-22(14-18)31-37(34,35)26-16-21(11-10-20(26)3)27(32)30-25-9-5-4-8-24(25)28(33)29-17-23-7-6-12-36-23/h4-16,31H,17H2,1-3H3,(H,29,33)(H,30,32). The first kappa shape index (κ1) is 25.7. The molecule has 0 aliphatic heterocycles. The molecule has 4 aromatic rings. The fourth-order valence-electron chi connectivity index (χ4n) is 3.93. The zero-order valence-electron chi connectivity index (χ0n) is 20.7. The van der Waals surface area contributed by atoms with Crippen LogP contribution in [0.5, 0.6) is 0 Å². The Morgan fingerprint density at radius 2 is 1.57 bits per heavy atom. The number of hydrogen-bond acceptors (Lipinski definition) is 5. The number of para-hydroxylation sites is 1. The number of nitrogens with one attached hydrogen (secondary N) is 3. The van der Waals surface area contributed by atoms with Crippen LogP contribution in [-0.4, -0.2) is 20.2 Å². The molecule has 37 heavy (non-hydrogen) atoms. The summed E-state index contributed by atoms with van der Waals surface area (Å²) in [5.74, 6) is -0.344. The molecule has 4 rings (SSSR count). The van der Waals surface area contributed by atoms with E-state index < -0.39 is 21.8 Å². The molecule has 0 unspecified atom stereocenters. The van der Waals surface area contributed by atoms with Crippen molar-refractivity contribution in [3.8, 4) is 0 Å².